The van der Waals surface area contributed by atoms with Crippen LogP contribution in [-0.2, 0) is 10.0 Å². The number of nitrogens with one attached hydrogen (secondary N) is 1. The first-order valence-electron chi connectivity index (χ1n) is 6.10. The first-order valence-corrected chi connectivity index (χ1v) is 7.58. The normalized spacial score (nSPS) is 12.9. The first kappa shape index (κ1) is 14.5. The molecule has 0 spiro atoms. The van der Waals surface area contributed by atoms with E-state index in [4.69, 9.17) is 4.74 Å². The van der Waals surface area contributed by atoms with Crippen LogP contribution in [0.1, 0.15) is 18.5 Å². The molecular formula is C14H16N2O3S. The summed E-state index contributed by atoms with van der Waals surface area (Å²) in [6.07, 6.45) is 3.28. The van der Waals surface area contributed by atoms with E-state index in [2.05, 4.69) is 9.71 Å². The Hall–Kier alpha value is -1.92. The van der Waals surface area contributed by atoms with Crippen LogP contribution in [0.3, 0.4) is 0 Å². The molecule has 0 fully saturated rings. The fraction of sp³-hybridized carbons (Fsp3) is 0.214. The molecule has 1 aromatic carbocycles. The van der Waals surface area contributed by atoms with Crippen molar-refractivity contribution in [3.63, 3.8) is 0 Å². The topological polar surface area (TPSA) is 68.3 Å². The molecule has 5 nitrogen and oxygen atoms in total. The van der Waals surface area contributed by atoms with Gasteiger partial charge in [-0.2, -0.15) is 0 Å². The van der Waals surface area contributed by atoms with Crippen LogP contribution in [0.4, 0.5) is 0 Å². The number of methoxy groups -OCH3 is 1. The number of ether oxygens (including phenoxy) is 1. The van der Waals surface area contributed by atoms with Crippen molar-refractivity contribution in [3.8, 4) is 5.75 Å². The summed E-state index contributed by atoms with van der Waals surface area (Å²) in [5, 5.41) is 0. The van der Waals surface area contributed by atoms with E-state index in [1.807, 2.05) is 6.07 Å². The second-order valence-corrected chi connectivity index (χ2v) is 5.96. The number of hydrogen-bond donors (Lipinski definition) is 1. The van der Waals surface area contributed by atoms with E-state index in [1.165, 1.54) is 13.2 Å². The average molecular weight is 292 g/mol. The molecule has 2 rings (SSSR count). The summed E-state index contributed by atoms with van der Waals surface area (Å²) in [4.78, 5) is 4.11. The van der Waals surface area contributed by atoms with Crippen molar-refractivity contribution in [1.82, 2.24) is 9.71 Å². The van der Waals surface area contributed by atoms with Crippen LogP contribution in [0.5, 0.6) is 5.75 Å². The largest absolute Gasteiger partial charge is 0.495 e. The molecule has 1 atom stereocenters. The van der Waals surface area contributed by atoms with Gasteiger partial charge in [-0.25, -0.2) is 13.1 Å². The van der Waals surface area contributed by atoms with Crippen molar-refractivity contribution in [2.75, 3.05) is 7.11 Å². The minimum Gasteiger partial charge on any atom is -0.495 e. The van der Waals surface area contributed by atoms with E-state index in [9.17, 15) is 8.42 Å². The number of pyridine rings is 1. The van der Waals surface area contributed by atoms with Gasteiger partial charge in [-0.05, 0) is 30.7 Å². The van der Waals surface area contributed by atoms with Gasteiger partial charge in [0.25, 0.3) is 0 Å². The summed E-state index contributed by atoms with van der Waals surface area (Å²) in [6, 6.07) is 9.72. The highest BCUT2D eigenvalue weighted by Gasteiger charge is 2.21. The van der Waals surface area contributed by atoms with Crippen LogP contribution >= 0.6 is 0 Å². The fourth-order valence-electron chi connectivity index (χ4n) is 1.84. The van der Waals surface area contributed by atoms with Crippen LogP contribution in [0, 0.1) is 0 Å². The van der Waals surface area contributed by atoms with Gasteiger partial charge in [-0.3, -0.25) is 4.98 Å². The Morgan fingerprint density at radius 3 is 2.60 bits per heavy atom. The highest BCUT2D eigenvalue weighted by molar-refractivity contribution is 7.89. The van der Waals surface area contributed by atoms with Gasteiger partial charge in [0.1, 0.15) is 10.6 Å². The van der Waals surface area contributed by atoms with Gasteiger partial charge < -0.3 is 4.74 Å². The maximum absolute atomic E-state index is 12.4. The zero-order chi connectivity index (χ0) is 14.6. The number of benzene rings is 1. The van der Waals surface area contributed by atoms with E-state index < -0.39 is 10.0 Å². The molecule has 0 bridgehead atoms. The van der Waals surface area contributed by atoms with Crippen LogP contribution in [0.15, 0.2) is 53.7 Å². The fourth-order valence-corrected chi connectivity index (χ4v) is 3.24. The maximum atomic E-state index is 12.4. The number of aromatic nitrogens is 1. The molecule has 1 aromatic heterocycles. The lowest BCUT2D eigenvalue weighted by atomic mass is 10.2. The Morgan fingerprint density at radius 2 is 1.95 bits per heavy atom. The lowest BCUT2D eigenvalue weighted by Gasteiger charge is -2.15. The van der Waals surface area contributed by atoms with Crippen molar-refractivity contribution in [2.45, 2.75) is 17.9 Å². The third-order valence-electron chi connectivity index (χ3n) is 2.87. The van der Waals surface area contributed by atoms with E-state index in [-0.39, 0.29) is 10.9 Å². The first-order chi connectivity index (χ1) is 9.54. The van der Waals surface area contributed by atoms with Gasteiger partial charge in [0.2, 0.25) is 10.0 Å². The van der Waals surface area contributed by atoms with E-state index in [1.54, 1.807) is 43.6 Å². The van der Waals surface area contributed by atoms with Crippen LogP contribution in [0.25, 0.3) is 0 Å². The lowest BCUT2D eigenvalue weighted by Crippen LogP contribution is -2.27. The van der Waals surface area contributed by atoms with Crippen molar-refractivity contribution in [2.24, 2.45) is 0 Å². The SMILES string of the molecule is COc1ccccc1S(=O)(=O)NC(C)c1cccnc1. The second-order valence-electron chi connectivity index (χ2n) is 4.28. The second kappa shape index (κ2) is 6.02. The molecule has 2 aromatic rings. The molecule has 0 aliphatic heterocycles. The number of hydrogen-bond acceptors (Lipinski definition) is 4. The quantitative estimate of drug-likeness (QED) is 0.916. The molecule has 1 heterocycles. The summed E-state index contributed by atoms with van der Waals surface area (Å²) in [6.45, 7) is 1.77. The summed E-state index contributed by atoms with van der Waals surface area (Å²) >= 11 is 0. The summed E-state index contributed by atoms with van der Waals surface area (Å²) in [7, 11) is -2.21. The Morgan fingerprint density at radius 1 is 1.20 bits per heavy atom. The zero-order valence-corrected chi connectivity index (χ0v) is 12.1. The minimum atomic E-state index is -3.65. The molecule has 20 heavy (non-hydrogen) atoms. The molecular weight excluding hydrogens is 276 g/mol. The molecule has 0 aliphatic carbocycles. The monoisotopic (exact) mass is 292 g/mol. The lowest BCUT2D eigenvalue weighted by molar-refractivity contribution is 0.402. The van der Waals surface area contributed by atoms with Gasteiger partial charge in [0.15, 0.2) is 0 Å². The number of sulfonamides is 1. The smallest absolute Gasteiger partial charge is 0.244 e. The van der Waals surface area contributed by atoms with Crippen LogP contribution < -0.4 is 9.46 Å². The molecule has 0 amide bonds. The summed E-state index contributed by atoms with van der Waals surface area (Å²) in [5.41, 5.74) is 0.797. The Balaban J connectivity index is 2.28. The van der Waals surface area contributed by atoms with Crippen molar-refractivity contribution in [3.05, 3.63) is 54.4 Å². The minimum absolute atomic E-state index is 0.123. The van der Waals surface area contributed by atoms with E-state index in [0.717, 1.165) is 5.56 Å². The molecule has 0 saturated heterocycles. The van der Waals surface area contributed by atoms with Crippen molar-refractivity contribution < 1.29 is 13.2 Å². The van der Waals surface area contributed by atoms with Gasteiger partial charge >= 0.3 is 0 Å². The van der Waals surface area contributed by atoms with Gasteiger partial charge in [0.05, 0.1) is 7.11 Å². The molecule has 0 aliphatic rings. The maximum Gasteiger partial charge on any atom is 0.244 e. The average Bonchev–Trinajstić information content (AvgIpc) is 2.47. The molecule has 6 heteroatoms. The molecule has 106 valence electrons. The van der Waals surface area contributed by atoms with Gasteiger partial charge in [-0.1, -0.05) is 18.2 Å². The standard InChI is InChI=1S/C14H16N2O3S/c1-11(12-6-5-9-15-10-12)16-20(17,18)14-8-4-3-7-13(14)19-2/h3-11,16H,1-2H3. The molecule has 0 radical (unpaired) electrons. The number of nitrogens with zero attached hydrogens (tertiary/aromatic N) is 1. The molecule has 0 saturated carbocycles. The molecule has 1 N–H and O–H groups in total. The Labute approximate surface area is 118 Å². The predicted octanol–water partition coefficient (Wildman–Crippen LogP) is 2.13. The van der Waals surface area contributed by atoms with Crippen molar-refractivity contribution >= 4 is 10.0 Å². The highest BCUT2D eigenvalue weighted by Crippen LogP contribution is 2.24. The van der Waals surface area contributed by atoms with Crippen molar-refractivity contribution in [1.29, 1.82) is 0 Å². The third kappa shape index (κ3) is 3.15. The van der Waals surface area contributed by atoms with Crippen LogP contribution in [-0.4, -0.2) is 20.5 Å². The van der Waals surface area contributed by atoms with Crippen LogP contribution in [0.2, 0.25) is 0 Å². The van der Waals surface area contributed by atoms with E-state index >= 15 is 0 Å². The number of para-hydroxylation sites is 1. The summed E-state index contributed by atoms with van der Waals surface area (Å²) in [5.74, 6) is 0.318. The third-order valence-corrected chi connectivity index (χ3v) is 4.46. The Bertz CT molecular complexity index is 672. The van der Waals surface area contributed by atoms with E-state index in [0.29, 0.717) is 5.75 Å². The summed E-state index contributed by atoms with van der Waals surface area (Å²) < 4.78 is 32.5. The van der Waals surface area contributed by atoms with Gasteiger partial charge in [-0.15, -0.1) is 0 Å². The highest BCUT2D eigenvalue weighted by atomic mass is 32.2. The zero-order valence-electron chi connectivity index (χ0n) is 11.3. The molecule has 1 unspecified atom stereocenters. The predicted molar refractivity (Wildman–Crippen MR) is 76.0 cm³/mol. The van der Waals surface area contributed by atoms with Gasteiger partial charge in [0, 0.05) is 18.4 Å². The number of rotatable bonds is 5. The Kier molecular flexibility index (Phi) is 4.36.